The molecule has 10 aliphatic rings. The Kier molecular flexibility index (Phi) is 59.0. The highest BCUT2D eigenvalue weighted by molar-refractivity contribution is 9.31. The van der Waals surface area contributed by atoms with Gasteiger partial charge in [-0.2, -0.15) is 0 Å². The van der Waals surface area contributed by atoms with Gasteiger partial charge in [0.15, 0.2) is 0 Å². The molecule has 0 amide bonds. The molecule has 0 N–H and O–H groups in total. The van der Waals surface area contributed by atoms with Gasteiger partial charge >= 0.3 is 44.0 Å². The molecule has 145 heavy (non-hydrogen) atoms. The molecule has 0 heterocycles. The summed E-state index contributed by atoms with van der Waals surface area (Å²) in [5, 5.41) is 0.0523. The monoisotopic (exact) mass is 2480 g/mol. The summed E-state index contributed by atoms with van der Waals surface area (Å²) in [4.78, 5) is 0. The van der Waals surface area contributed by atoms with E-state index in [0.29, 0.717) is 141 Å². The van der Waals surface area contributed by atoms with Gasteiger partial charge in [0.05, 0.1) is 4.24 Å². The summed E-state index contributed by atoms with van der Waals surface area (Å²) in [5.41, 5.74) is 1.49. The SMILES string of the molecule is CCO[Si](OCC)(OCC)C1(SSSSC(SSSSC2([Si](OCC)(OCC)OCC)CC3CCC2(CC)C3)=C(C)C(SSSSC2([Si](OCC)(OCC)OCC)CC3CCC2(CC)C3)(SSSSC2([Si](OCC)(OCC)OCC)CC3CCC2(CC)C3)C(CC(C)CCCC(C)CCCCC(C)CCCC(C)CCCC(C)C)SSSSC2([Si](OCC)(OCC)OCC)CC3CCC2(CC)C3)CC2CCC1(CC)C2. The topological polar surface area (TPSA) is 138 Å². The van der Waals surface area contributed by atoms with Crippen LogP contribution in [0.1, 0.15) is 437 Å². The van der Waals surface area contributed by atoms with E-state index in [-0.39, 0.29) is 54.2 Å². The fraction of sp³-hybridized carbons (Fsp3) is 0.981. The molecule has 0 aromatic heterocycles. The lowest BCUT2D eigenvalue weighted by atomic mass is 9.80. The summed E-state index contributed by atoms with van der Waals surface area (Å²) in [5.74, 6) is 6.50. The highest BCUT2D eigenvalue weighted by atomic mass is 33.7. The molecule has 0 aromatic rings. The maximum atomic E-state index is 7.39. The highest BCUT2D eigenvalue weighted by Crippen LogP contribution is 2.82. The first-order valence-electron chi connectivity index (χ1n) is 57.6. The Bertz CT molecular complexity index is 3510. The minimum absolute atomic E-state index is 0.000643. The molecular weight excluding hydrogens is 2280 g/mol. The van der Waals surface area contributed by atoms with Gasteiger partial charge in [-0.3, -0.25) is 0 Å². The largest absolute Gasteiger partial charge is 0.519 e. The van der Waals surface area contributed by atoms with Gasteiger partial charge in [-0.25, -0.2) is 0 Å². The Balaban J connectivity index is 1.18. The molecule has 0 spiro atoms. The number of unbranched alkanes of at least 4 members (excludes halogenated alkanes) is 1. The lowest BCUT2D eigenvalue weighted by Gasteiger charge is -2.52. The molecule has 10 aliphatic carbocycles. The lowest BCUT2D eigenvalue weighted by Crippen LogP contribution is -2.68. The summed E-state index contributed by atoms with van der Waals surface area (Å²) in [6.07, 6.45) is 46.9. The van der Waals surface area contributed by atoms with Gasteiger partial charge in [0, 0.05) is 104 Å². The number of hydrogen-bond donors (Lipinski definition) is 0. The van der Waals surface area contributed by atoms with E-state index in [4.69, 9.17) is 66.4 Å². The molecule has 0 aromatic carbocycles. The third-order valence-corrected chi connectivity index (χ3v) is 100. The Morgan fingerprint density at radius 2 is 0.476 bits per heavy atom. The molecule has 15 nitrogen and oxygen atoms in total. The fourth-order valence-electron chi connectivity index (χ4n) is 29.5. The number of hydrogen-bond acceptors (Lipinski definition) is 35. The molecule has 0 saturated heterocycles. The molecular formula is C105H200O15S20Si5. The molecule has 0 radical (unpaired) electrons. The van der Waals surface area contributed by atoms with Gasteiger partial charge < -0.3 is 66.4 Å². The van der Waals surface area contributed by atoms with Crippen LogP contribution in [0.25, 0.3) is 0 Å². The van der Waals surface area contributed by atoms with E-state index in [2.05, 4.69) is 303 Å². The van der Waals surface area contributed by atoms with Crippen molar-refractivity contribution < 1.29 is 66.4 Å². The zero-order chi connectivity index (χ0) is 105. The Morgan fingerprint density at radius 3 is 0.697 bits per heavy atom. The summed E-state index contributed by atoms with van der Waals surface area (Å²) < 4.78 is 109. The van der Waals surface area contributed by atoms with Crippen LogP contribution in [0.2, 0.25) is 0 Å². The van der Waals surface area contributed by atoms with Crippen molar-refractivity contribution >= 4 is 250 Å². The molecule has 10 saturated carbocycles. The van der Waals surface area contributed by atoms with Gasteiger partial charge in [-0.1, -0.05) is 246 Å². The zero-order valence-electron chi connectivity index (χ0n) is 94.8. The van der Waals surface area contributed by atoms with Crippen molar-refractivity contribution in [2.75, 3.05) is 99.1 Å². The van der Waals surface area contributed by atoms with Crippen molar-refractivity contribution in [2.45, 2.75) is 469 Å². The summed E-state index contributed by atoms with van der Waals surface area (Å²) >= 11 is 0. The molecule has 20 unspecified atom stereocenters. The van der Waals surface area contributed by atoms with Gasteiger partial charge in [-0.15, -0.1) is 0 Å². The normalized spacial score (nSPS) is 31.2. The lowest BCUT2D eigenvalue weighted by molar-refractivity contribution is 0.0347. The van der Waals surface area contributed by atoms with E-state index < -0.39 is 48.1 Å². The van der Waals surface area contributed by atoms with Crippen LogP contribution in [0.3, 0.4) is 0 Å². The van der Waals surface area contributed by atoms with Gasteiger partial charge in [0.25, 0.3) is 0 Å². The molecule has 40 heteroatoms. The fourth-order valence-corrected chi connectivity index (χ4v) is 106. The Hall–Kier alpha value is 7.22. The van der Waals surface area contributed by atoms with E-state index in [1.165, 1.54) is 190 Å². The van der Waals surface area contributed by atoms with Gasteiger partial charge in [0.2, 0.25) is 0 Å². The van der Waals surface area contributed by atoms with Crippen LogP contribution in [-0.4, -0.2) is 174 Å². The van der Waals surface area contributed by atoms with Crippen molar-refractivity contribution in [3.05, 3.63) is 9.81 Å². The van der Waals surface area contributed by atoms with E-state index in [1.807, 2.05) is 90.4 Å². The second-order valence-corrected chi connectivity index (χ2v) is 91.5. The smallest absolute Gasteiger partial charge is 0.373 e. The summed E-state index contributed by atoms with van der Waals surface area (Å²) in [7, 11) is 24.3. The van der Waals surface area contributed by atoms with E-state index >= 15 is 0 Å². The average molecular weight is 2480 g/mol. The number of fused-ring (bicyclic) bond motifs is 10. The molecule has 10 fully saturated rings. The van der Waals surface area contributed by atoms with Crippen LogP contribution in [0.15, 0.2) is 9.81 Å². The quantitative estimate of drug-likeness (QED) is 0.0247. The first-order chi connectivity index (χ1) is 69.9. The third-order valence-electron chi connectivity index (χ3n) is 36.1. The van der Waals surface area contributed by atoms with Crippen molar-refractivity contribution in [1.82, 2.24) is 0 Å². The Morgan fingerprint density at radius 1 is 0.262 bits per heavy atom. The minimum Gasteiger partial charge on any atom is -0.373 e. The highest BCUT2D eigenvalue weighted by Gasteiger charge is 2.82. The molecule has 20 atom stereocenters. The minimum atomic E-state index is -3.44. The van der Waals surface area contributed by atoms with E-state index in [0.717, 1.165) is 88.4 Å². The molecule has 0 aliphatic heterocycles. The summed E-state index contributed by atoms with van der Waals surface area (Å²) in [6.45, 7) is 70.9. The second-order valence-electron chi connectivity index (χ2n) is 44.4. The van der Waals surface area contributed by atoms with Gasteiger partial charge in [-0.05, 0) is 489 Å². The maximum Gasteiger partial charge on any atom is 0.519 e. The van der Waals surface area contributed by atoms with Gasteiger partial charge in [0.1, 0.15) is 25.9 Å². The van der Waals surface area contributed by atoms with Crippen LogP contribution in [0.4, 0.5) is 0 Å². The van der Waals surface area contributed by atoms with Crippen LogP contribution in [0, 0.1) is 86.3 Å². The van der Waals surface area contributed by atoms with Crippen LogP contribution < -0.4 is 0 Å². The average Bonchev–Trinajstić information content (AvgIpc) is 1.56. The van der Waals surface area contributed by atoms with E-state index in [1.54, 1.807) is 0 Å². The van der Waals surface area contributed by atoms with Crippen molar-refractivity contribution in [3.63, 3.8) is 0 Å². The van der Waals surface area contributed by atoms with Crippen LogP contribution >= 0.6 is 206 Å². The van der Waals surface area contributed by atoms with Crippen LogP contribution in [-0.2, 0) is 66.4 Å². The predicted molar refractivity (Wildman–Crippen MR) is 677 cm³/mol. The zero-order valence-corrected chi connectivity index (χ0v) is 116. The third kappa shape index (κ3) is 29.3. The first-order valence-corrected chi connectivity index (χ1v) is 90.4. The number of rotatable bonds is 86. The van der Waals surface area contributed by atoms with Crippen LogP contribution in [0.5, 0.6) is 0 Å². The van der Waals surface area contributed by atoms with E-state index in [9.17, 15) is 0 Å². The molecule has 10 rings (SSSR count). The predicted octanol–water partition coefficient (Wildman–Crippen LogP) is 40.0. The Labute approximate surface area is 969 Å². The van der Waals surface area contributed by atoms with Crippen molar-refractivity contribution in [3.8, 4) is 0 Å². The maximum absolute atomic E-state index is 7.39. The van der Waals surface area contributed by atoms with Crippen molar-refractivity contribution in [1.29, 1.82) is 0 Å². The summed E-state index contributed by atoms with van der Waals surface area (Å²) in [6, 6.07) is 0. The standard InChI is InChI=1S/C105H200O15S20Si5/c1-28-95-66-61-88(72-95)77-100(95,141(106-33-6,107-34-7)108-35-8)124-134-131-121-93(71-86(26)60-52-59-84(24)55-49-48-54-83(23)57-51-58-85(25)56-50-53-82(21)22)105(129-139-137-127-103(80-91-64-69-98(103,31-4)75-91)144(115-42-15,116-43-16)117-44-17,130-140-138-128-104(81-92-65-70-99(104,32-5)76-92)145(118-45-18,119-46-19)120-47-20)87(27)94(122-132-135-125-101(78-89-62-67-96(101,29-2)73-89)142(109-36-9,110-37-10)111-38-11)123-133-136-126-102(79-90-63-68-97(102,30-3)74-90)143(112-39-12,113-40-13)114-41-14/h82-86,88-93H,28-81H2,1-27H3. The molecule has 10 bridgehead atoms. The van der Waals surface area contributed by atoms with Crippen molar-refractivity contribution in [2.24, 2.45) is 86.3 Å². The second kappa shape index (κ2) is 63.8. The first kappa shape index (κ1) is 134. The molecule has 850 valence electrons.